The van der Waals surface area contributed by atoms with Crippen molar-refractivity contribution in [1.29, 1.82) is 0 Å². The van der Waals surface area contributed by atoms with E-state index in [1.54, 1.807) is 0 Å². The van der Waals surface area contributed by atoms with Gasteiger partial charge in [0.05, 0.1) is 0 Å². The first-order valence-electron chi connectivity index (χ1n) is 15.6. The molecule has 0 saturated carbocycles. The van der Waals surface area contributed by atoms with Crippen LogP contribution in [0.25, 0.3) is 0 Å². The van der Waals surface area contributed by atoms with Gasteiger partial charge in [0.25, 0.3) is 0 Å². The normalized spacial score (nSPS) is 12.9. The van der Waals surface area contributed by atoms with Crippen molar-refractivity contribution in [3.8, 4) is 0 Å². The zero-order valence-corrected chi connectivity index (χ0v) is 24.7. The van der Waals surface area contributed by atoms with Crippen LogP contribution in [-0.4, -0.2) is 23.1 Å². The summed E-state index contributed by atoms with van der Waals surface area (Å²) in [6.07, 6.45) is 38.7. The Hall–Kier alpha value is -2.10. The molecule has 0 aromatic heterocycles. The van der Waals surface area contributed by atoms with E-state index in [1.165, 1.54) is 70.6 Å². The molecule has 4 heteroatoms. The Morgan fingerprint density at radius 3 is 1.76 bits per heavy atom. The number of hydrogen-bond donors (Lipinski definition) is 1. The molecule has 38 heavy (non-hydrogen) atoms. The fourth-order valence-corrected chi connectivity index (χ4v) is 4.19. The number of rotatable bonds is 27. The zero-order chi connectivity index (χ0) is 27.9. The average Bonchev–Trinajstić information content (AvgIpc) is 2.89. The minimum atomic E-state index is -0.735. The average molecular weight is 531 g/mol. The number of hydrogen-bond acceptors (Lipinski definition) is 3. The molecule has 0 fully saturated rings. The minimum absolute atomic E-state index is 0.132. The van der Waals surface area contributed by atoms with E-state index in [0.717, 1.165) is 44.9 Å². The first-order chi connectivity index (χ1) is 18.6. The number of carbonyl (C=O) groups is 2. The molecule has 0 heterocycles. The topological polar surface area (TPSA) is 63.6 Å². The first kappa shape index (κ1) is 35.9. The summed E-state index contributed by atoms with van der Waals surface area (Å²) in [7, 11) is 0. The summed E-state index contributed by atoms with van der Waals surface area (Å²) in [5.41, 5.74) is 0. The van der Waals surface area contributed by atoms with Crippen LogP contribution in [0, 0.1) is 0 Å². The van der Waals surface area contributed by atoms with Gasteiger partial charge in [0, 0.05) is 12.8 Å². The molecule has 1 N–H and O–H groups in total. The molecule has 0 amide bonds. The Morgan fingerprint density at radius 2 is 1.13 bits per heavy atom. The largest absolute Gasteiger partial charge is 0.481 e. The molecule has 0 aliphatic rings. The van der Waals surface area contributed by atoms with Gasteiger partial charge in [-0.15, -0.1) is 0 Å². The van der Waals surface area contributed by atoms with E-state index in [1.807, 2.05) is 24.3 Å². The standard InChI is InChI=1S/C34H58O4/c1-3-5-7-9-10-11-12-13-14-15-16-17-18-23-27-31-34(37)38-32(28-24-20-8-6-4-2)29-25-21-19-22-26-30-33(35)36/h6,8,13-14,24-25,28-29,32H,3-5,7,9-12,15-23,26-27,30-31H2,1-2H3,(H,35,36)/b8-6-,14-13-,28-24-,29-25-. The molecule has 0 aliphatic carbocycles. The van der Waals surface area contributed by atoms with Gasteiger partial charge in [-0.25, -0.2) is 0 Å². The number of aliphatic carboxylic acids is 1. The van der Waals surface area contributed by atoms with E-state index >= 15 is 0 Å². The second-order valence-corrected chi connectivity index (χ2v) is 10.3. The number of ether oxygens (including phenoxy) is 1. The highest BCUT2D eigenvalue weighted by Gasteiger charge is 2.08. The molecular weight excluding hydrogens is 472 g/mol. The van der Waals surface area contributed by atoms with Crippen molar-refractivity contribution < 1.29 is 19.4 Å². The maximum absolute atomic E-state index is 12.4. The summed E-state index contributed by atoms with van der Waals surface area (Å²) >= 11 is 0. The summed E-state index contributed by atoms with van der Waals surface area (Å²) in [6, 6.07) is 0. The molecule has 4 nitrogen and oxygen atoms in total. The van der Waals surface area contributed by atoms with Crippen LogP contribution in [0.3, 0.4) is 0 Å². The lowest BCUT2D eigenvalue weighted by Crippen LogP contribution is -2.13. The maximum atomic E-state index is 12.4. The molecule has 0 saturated heterocycles. The number of carbonyl (C=O) groups excluding carboxylic acids is 1. The predicted octanol–water partition coefficient (Wildman–Crippen LogP) is 10.4. The molecule has 0 aromatic carbocycles. The van der Waals surface area contributed by atoms with Crippen LogP contribution < -0.4 is 0 Å². The lowest BCUT2D eigenvalue weighted by Gasteiger charge is -2.11. The molecule has 0 bridgehead atoms. The van der Waals surface area contributed by atoms with Crippen molar-refractivity contribution in [1.82, 2.24) is 0 Å². The Kier molecular flexibility index (Phi) is 27.8. The maximum Gasteiger partial charge on any atom is 0.306 e. The second kappa shape index (κ2) is 29.5. The van der Waals surface area contributed by atoms with Gasteiger partial charge < -0.3 is 9.84 Å². The second-order valence-electron chi connectivity index (χ2n) is 10.3. The van der Waals surface area contributed by atoms with E-state index in [0.29, 0.717) is 12.8 Å². The van der Waals surface area contributed by atoms with Gasteiger partial charge in [-0.3, -0.25) is 9.59 Å². The minimum Gasteiger partial charge on any atom is -0.481 e. The van der Waals surface area contributed by atoms with Gasteiger partial charge in [0.15, 0.2) is 0 Å². The predicted molar refractivity (Wildman–Crippen MR) is 162 cm³/mol. The Morgan fingerprint density at radius 1 is 0.605 bits per heavy atom. The van der Waals surface area contributed by atoms with Gasteiger partial charge in [-0.05, 0) is 76.4 Å². The molecular formula is C34H58O4. The van der Waals surface area contributed by atoms with Crippen LogP contribution in [0.1, 0.15) is 149 Å². The first-order valence-corrected chi connectivity index (χ1v) is 15.6. The van der Waals surface area contributed by atoms with E-state index in [-0.39, 0.29) is 18.5 Å². The third-order valence-corrected chi connectivity index (χ3v) is 6.50. The molecule has 0 aliphatic heterocycles. The number of esters is 1. The van der Waals surface area contributed by atoms with Crippen LogP contribution in [0.2, 0.25) is 0 Å². The summed E-state index contributed by atoms with van der Waals surface area (Å²) in [6.45, 7) is 4.37. The van der Waals surface area contributed by atoms with Crippen molar-refractivity contribution in [2.45, 2.75) is 155 Å². The van der Waals surface area contributed by atoms with E-state index in [4.69, 9.17) is 9.84 Å². The van der Waals surface area contributed by atoms with Gasteiger partial charge >= 0.3 is 11.9 Å². The molecule has 0 aromatic rings. The van der Waals surface area contributed by atoms with E-state index in [2.05, 4.69) is 38.2 Å². The molecule has 218 valence electrons. The fraction of sp³-hybridized carbons (Fsp3) is 0.706. The summed E-state index contributed by atoms with van der Waals surface area (Å²) in [4.78, 5) is 23.0. The summed E-state index contributed by atoms with van der Waals surface area (Å²) in [5, 5.41) is 8.72. The Balaban J connectivity index is 4.03. The van der Waals surface area contributed by atoms with Crippen LogP contribution in [-0.2, 0) is 14.3 Å². The molecule has 1 unspecified atom stereocenters. The lowest BCUT2D eigenvalue weighted by molar-refractivity contribution is -0.145. The molecule has 0 spiro atoms. The Labute approximate surface area is 234 Å². The molecule has 0 rings (SSSR count). The van der Waals surface area contributed by atoms with Crippen molar-refractivity contribution >= 4 is 11.9 Å². The highest BCUT2D eigenvalue weighted by molar-refractivity contribution is 5.69. The van der Waals surface area contributed by atoms with Gasteiger partial charge in [0.1, 0.15) is 6.10 Å². The third-order valence-electron chi connectivity index (χ3n) is 6.50. The SMILES string of the molecule is CC/C=C\C/C=C\C(/C=C\CCCCCC(=O)O)OC(=O)CCCCCCC/C=C\CCCCCCCC. The van der Waals surface area contributed by atoms with Crippen molar-refractivity contribution in [3.63, 3.8) is 0 Å². The van der Waals surface area contributed by atoms with Crippen LogP contribution in [0.4, 0.5) is 0 Å². The highest BCUT2D eigenvalue weighted by atomic mass is 16.5. The molecule has 0 radical (unpaired) electrons. The van der Waals surface area contributed by atoms with Crippen molar-refractivity contribution in [2.75, 3.05) is 0 Å². The van der Waals surface area contributed by atoms with Crippen LogP contribution in [0.15, 0.2) is 48.6 Å². The van der Waals surface area contributed by atoms with Gasteiger partial charge in [0.2, 0.25) is 0 Å². The lowest BCUT2D eigenvalue weighted by atomic mass is 10.1. The van der Waals surface area contributed by atoms with E-state index < -0.39 is 5.97 Å². The summed E-state index contributed by atoms with van der Waals surface area (Å²) in [5.74, 6) is -0.867. The monoisotopic (exact) mass is 530 g/mol. The molecule has 1 atom stereocenters. The Bertz CT molecular complexity index is 659. The van der Waals surface area contributed by atoms with Crippen LogP contribution in [0.5, 0.6) is 0 Å². The number of allylic oxidation sites excluding steroid dienone is 6. The van der Waals surface area contributed by atoms with Gasteiger partial charge in [-0.1, -0.05) is 108 Å². The third kappa shape index (κ3) is 28.5. The highest BCUT2D eigenvalue weighted by Crippen LogP contribution is 2.12. The van der Waals surface area contributed by atoms with Gasteiger partial charge in [-0.2, -0.15) is 0 Å². The summed E-state index contributed by atoms with van der Waals surface area (Å²) < 4.78 is 5.71. The van der Waals surface area contributed by atoms with Crippen LogP contribution >= 0.6 is 0 Å². The number of carboxylic acid groups (broad SMARTS) is 1. The van der Waals surface area contributed by atoms with Crippen molar-refractivity contribution in [2.24, 2.45) is 0 Å². The quantitative estimate of drug-likeness (QED) is 0.0651. The zero-order valence-electron chi connectivity index (χ0n) is 24.7. The smallest absolute Gasteiger partial charge is 0.306 e. The fourth-order valence-electron chi connectivity index (χ4n) is 4.19. The number of carboxylic acids is 1. The van der Waals surface area contributed by atoms with Crippen molar-refractivity contribution in [3.05, 3.63) is 48.6 Å². The van der Waals surface area contributed by atoms with E-state index in [9.17, 15) is 9.59 Å². The number of unbranched alkanes of at least 4 members (excludes halogenated alkanes) is 14.